The summed E-state index contributed by atoms with van der Waals surface area (Å²) in [5.41, 5.74) is 3.41. The minimum Gasteiger partial charge on any atom is -0.332 e. The van der Waals surface area contributed by atoms with Gasteiger partial charge in [0.15, 0.2) is 0 Å². The summed E-state index contributed by atoms with van der Waals surface area (Å²) >= 11 is 0. The number of carbonyl (C=O) groups is 2. The van der Waals surface area contributed by atoms with Crippen molar-refractivity contribution < 1.29 is 9.59 Å². The first kappa shape index (κ1) is 19.9. The molecule has 4 fully saturated rings. The van der Waals surface area contributed by atoms with E-state index in [2.05, 4.69) is 15.3 Å². The highest BCUT2D eigenvalue weighted by Crippen LogP contribution is 2.60. The molecule has 7 rings (SSSR count). The molecule has 2 heterocycles. The fourth-order valence-electron chi connectivity index (χ4n) is 7.22. The van der Waals surface area contributed by atoms with Gasteiger partial charge in [-0.2, -0.15) is 0 Å². The zero-order chi connectivity index (χ0) is 21.9. The van der Waals surface area contributed by atoms with Gasteiger partial charge in [0.25, 0.3) is 5.91 Å². The van der Waals surface area contributed by atoms with Crippen LogP contribution in [0.4, 0.5) is 5.82 Å². The van der Waals surface area contributed by atoms with Crippen molar-refractivity contribution >= 4 is 17.6 Å². The predicted octanol–water partition coefficient (Wildman–Crippen LogP) is 4.14. The maximum absolute atomic E-state index is 13.5. The van der Waals surface area contributed by atoms with Crippen LogP contribution < -0.4 is 5.32 Å². The summed E-state index contributed by atoms with van der Waals surface area (Å²) in [6, 6.07) is 7.70. The van der Waals surface area contributed by atoms with Gasteiger partial charge in [-0.15, -0.1) is 0 Å². The minimum absolute atomic E-state index is 0.0251. The van der Waals surface area contributed by atoms with Gasteiger partial charge < -0.3 is 10.2 Å². The molecule has 1 aliphatic heterocycles. The fourth-order valence-corrected chi connectivity index (χ4v) is 7.22. The van der Waals surface area contributed by atoms with Crippen LogP contribution in [0.15, 0.2) is 30.6 Å². The number of fused-ring (bicyclic) bond motifs is 1. The van der Waals surface area contributed by atoms with E-state index in [0.717, 1.165) is 53.8 Å². The molecule has 32 heavy (non-hydrogen) atoms. The maximum Gasteiger partial charge on any atom is 0.254 e. The van der Waals surface area contributed by atoms with Crippen molar-refractivity contribution in [3.05, 3.63) is 53.0 Å². The summed E-state index contributed by atoms with van der Waals surface area (Å²) < 4.78 is 0. The average molecular weight is 431 g/mol. The number of nitrogens with zero attached hydrogens (tertiary/aromatic N) is 3. The van der Waals surface area contributed by atoms with Crippen molar-refractivity contribution in [2.45, 2.75) is 58.4 Å². The number of amides is 2. The lowest BCUT2D eigenvalue weighted by atomic mass is 9.49. The lowest BCUT2D eigenvalue weighted by Gasteiger charge is -2.55. The molecule has 2 amide bonds. The van der Waals surface area contributed by atoms with Crippen molar-refractivity contribution in [3.63, 3.8) is 0 Å². The Morgan fingerprint density at radius 3 is 2.47 bits per heavy atom. The predicted molar refractivity (Wildman–Crippen MR) is 121 cm³/mol. The lowest BCUT2D eigenvalue weighted by Crippen LogP contribution is -2.52. The van der Waals surface area contributed by atoms with Crippen molar-refractivity contribution in [1.29, 1.82) is 0 Å². The summed E-state index contributed by atoms with van der Waals surface area (Å²) in [6.07, 6.45) is 9.25. The normalized spacial score (nSPS) is 30.2. The Hall–Kier alpha value is -2.76. The van der Waals surface area contributed by atoms with Gasteiger partial charge in [-0.25, -0.2) is 9.97 Å². The average Bonchev–Trinajstić information content (AvgIpc) is 2.77. The SMILES string of the molecule is Cc1cccc(C(=O)N2CCc3c(ncnc3NC(=O)C34CC5CC(CC(C5)C3)C4)C2)c1. The highest BCUT2D eigenvalue weighted by molar-refractivity contribution is 5.96. The molecule has 1 aromatic heterocycles. The zero-order valence-corrected chi connectivity index (χ0v) is 18.6. The van der Waals surface area contributed by atoms with E-state index >= 15 is 0 Å². The first-order valence-electron chi connectivity index (χ1n) is 12.0. The molecule has 1 N–H and O–H groups in total. The molecule has 0 saturated heterocycles. The van der Waals surface area contributed by atoms with E-state index in [1.54, 1.807) is 0 Å². The fraction of sp³-hybridized carbons (Fsp3) is 0.538. The zero-order valence-electron chi connectivity index (χ0n) is 18.6. The Labute approximate surface area is 188 Å². The third-order valence-electron chi connectivity index (χ3n) is 8.31. The topological polar surface area (TPSA) is 75.2 Å². The van der Waals surface area contributed by atoms with E-state index in [1.807, 2.05) is 36.1 Å². The van der Waals surface area contributed by atoms with Gasteiger partial charge in [-0.3, -0.25) is 9.59 Å². The summed E-state index contributed by atoms with van der Waals surface area (Å²) in [5.74, 6) is 3.03. The van der Waals surface area contributed by atoms with E-state index in [9.17, 15) is 9.59 Å². The molecule has 4 bridgehead atoms. The van der Waals surface area contributed by atoms with Gasteiger partial charge in [-0.1, -0.05) is 17.7 Å². The molecule has 1 aromatic carbocycles. The van der Waals surface area contributed by atoms with Crippen LogP contribution in [0, 0.1) is 30.1 Å². The Kier molecular flexibility index (Phi) is 4.60. The number of carbonyl (C=O) groups excluding carboxylic acids is 2. The second-order valence-corrected chi connectivity index (χ2v) is 10.6. The summed E-state index contributed by atoms with van der Waals surface area (Å²) in [4.78, 5) is 37.3. The number of anilines is 1. The van der Waals surface area contributed by atoms with Crippen LogP contribution in [0.25, 0.3) is 0 Å². The number of aromatic nitrogens is 2. The van der Waals surface area contributed by atoms with Crippen LogP contribution in [-0.2, 0) is 17.8 Å². The smallest absolute Gasteiger partial charge is 0.254 e. The lowest BCUT2D eigenvalue weighted by molar-refractivity contribution is -0.140. The Morgan fingerprint density at radius 2 is 1.78 bits per heavy atom. The number of hydrogen-bond acceptors (Lipinski definition) is 4. The first-order valence-corrected chi connectivity index (χ1v) is 12.0. The standard InChI is InChI=1S/C26H30N4O2/c1-16-3-2-4-20(7-16)24(31)30-6-5-21-22(14-30)27-15-28-23(21)29-25(32)26-11-17-8-18(12-26)10-19(9-17)13-26/h2-4,7,15,17-19H,5-6,8-14H2,1H3,(H,27,28,29,32). The van der Waals surface area contributed by atoms with Crippen molar-refractivity contribution in [2.24, 2.45) is 23.2 Å². The van der Waals surface area contributed by atoms with Gasteiger partial charge in [-0.05, 0) is 81.8 Å². The van der Waals surface area contributed by atoms with E-state index in [1.165, 1.54) is 25.6 Å². The van der Waals surface area contributed by atoms with Gasteiger partial charge in [0.1, 0.15) is 12.1 Å². The van der Waals surface area contributed by atoms with Crippen molar-refractivity contribution in [3.8, 4) is 0 Å². The van der Waals surface area contributed by atoms with Crippen LogP contribution in [0.3, 0.4) is 0 Å². The molecule has 0 unspecified atom stereocenters. The van der Waals surface area contributed by atoms with Crippen LogP contribution in [-0.4, -0.2) is 33.2 Å². The highest BCUT2D eigenvalue weighted by Gasteiger charge is 2.54. The molecule has 4 saturated carbocycles. The number of aryl methyl sites for hydroxylation is 1. The number of rotatable bonds is 3. The maximum atomic E-state index is 13.5. The summed E-state index contributed by atoms with van der Waals surface area (Å²) in [7, 11) is 0. The molecule has 0 atom stereocenters. The van der Waals surface area contributed by atoms with Gasteiger partial charge in [0.05, 0.1) is 17.7 Å². The van der Waals surface area contributed by atoms with Crippen LogP contribution in [0.2, 0.25) is 0 Å². The molecule has 5 aliphatic rings. The van der Waals surface area contributed by atoms with Crippen LogP contribution >= 0.6 is 0 Å². The second kappa shape index (κ2) is 7.39. The van der Waals surface area contributed by atoms with E-state index < -0.39 is 0 Å². The highest BCUT2D eigenvalue weighted by atomic mass is 16.2. The molecule has 2 aromatic rings. The van der Waals surface area contributed by atoms with Gasteiger partial charge in [0.2, 0.25) is 5.91 Å². The molecule has 6 heteroatoms. The number of nitrogens with one attached hydrogen (secondary N) is 1. The first-order chi connectivity index (χ1) is 15.5. The third-order valence-corrected chi connectivity index (χ3v) is 8.31. The van der Waals surface area contributed by atoms with Crippen molar-refractivity contribution in [2.75, 3.05) is 11.9 Å². The Morgan fingerprint density at radius 1 is 1.06 bits per heavy atom. The van der Waals surface area contributed by atoms with Gasteiger partial charge >= 0.3 is 0 Å². The molecule has 166 valence electrons. The second-order valence-electron chi connectivity index (χ2n) is 10.6. The molecule has 4 aliphatic carbocycles. The largest absolute Gasteiger partial charge is 0.332 e. The molecular weight excluding hydrogens is 400 g/mol. The number of benzene rings is 1. The quantitative estimate of drug-likeness (QED) is 0.794. The third kappa shape index (κ3) is 3.31. The monoisotopic (exact) mass is 430 g/mol. The summed E-state index contributed by atoms with van der Waals surface area (Å²) in [5, 5.41) is 3.22. The minimum atomic E-state index is -0.200. The van der Waals surface area contributed by atoms with E-state index in [0.29, 0.717) is 30.9 Å². The molecule has 0 spiro atoms. The van der Waals surface area contributed by atoms with Crippen LogP contribution in [0.5, 0.6) is 0 Å². The van der Waals surface area contributed by atoms with E-state index in [-0.39, 0.29) is 17.2 Å². The number of hydrogen-bond donors (Lipinski definition) is 1. The Balaban J connectivity index is 1.20. The molecule has 0 radical (unpaired) electrons. The molecule has 6 nitrogen and oxygen atoms in total. The van der Waals surface area contributed by atoms with Crippen molar-refractivity contribution in [1.82, 2.24) is 14.9 Å². The van der Waals surface area contributed by atoms with Crippen LogP contribution in [0.1, 0.15) is 65.7 Å². The van der Waals surface area contributed by atoms with Gasteiger partial charge in [0, 0.05) is 17.7 Å². The molecular formula is C26H30N4O2. The summed E-state index contributed by atoms with van der Waals surface area (Å²) in [6.45, 7) is 3.05. The Bertz CT molecular complexity index is 1060. The van der Waals surface area contributed by atoms with E-state index in [4.69, 9.17) is 0 Å².